The van der Waals surface area contributed by atoms with E-state index in [0.717, 1.165) is 39.0 Å². The first-order chi connectivity index (χ1) is 14.9. The van der Waals surface area contributed by atoms with E-state index in [0.29, 0.717) is 45.1 Å². The Balaban J connectivity index is 1.51. The molecule has 0 radical (unpaired) electrons. The molecule has 4 heterocycles. The van der Waals surface area contributed by atoms with Gasteiger partial charge in [0, 0.05) is 25.7 Å². The minimum atomic E-state index is -0.152. The van der Waals surface area contributed by atoms with Crippen LogP contribution < -0.4 is 15.2 Å². The van der Waals surface area contributed by atoms with Crippen molar-refractivity contribution in [1.82, 2.24) is 19.7 Å². The maximum absolute atomic E-state index is 13.3. The highest BCUT2D eigenvalue weighted by Crippen LogP contribution is 2.42. The third kappa shape index (κ3) is 3.29. The Morgan fingerprint density at radius 2 is 2.10 bits per heavy atom. The van der Waals surface area contributed by atoms with Gasteiger partial charge in [-0.3, -0.25) is 14.5 Å². The molecule has 1 N–H and O–H groups in total. The summed E-state index contributed by atoms with van der Waals surface area (Å²) in [7, 11) is 3.32. The van der Waals surface area contributed by atoms with E-state index in [2.05, 4.69) is 22.0 Å². The van der Waals surface area contributed by atoms with Crippen LogP contribution in [0.4, 0.5) is 5.95 Å². The number of hydrogen-bond donors (Lipinski definition) is 1. The number of fused-ring (bicyclic) bond motifs is 1. The van der Waals surface area contributed by atoms with Gasteiger partial charge in [-0.05, 0) is 37.7 Å². The minimum Gasteiger partial charge on any atom is -0.495 e. The van der Waals surface area contributed by atoms with Crippen molar-refractivity contribution in [3.63, 3.8) is 0 Å². The number of methoxy groups -OCH3 is 1. The van der Waals surface area contributed by atoms with E-state index in [9.17, 15) is 4.79 Å². The molecule has 0 amide bonds. The summed E-state index contributed by atoms with van der Waals surface area (Å²) in [4.78, 5) is 20.3. The van der Waals surface area contributed by atoms with Crippen LogP contribution in [0, 0.1) is 5.41 Å². The van der Waals surface area contributed by atoms with Gasteiger partial charge in [0.15, 0.2) is 5.65 Å². The van der Waals surface area contributed by atoms with E-state index in [-0.39, 0.29) is 11.0 Å². The second-order valence-corrected chi connectivity index (χ2v) is 9.08. The molecule has 31 heavy (non-hydrogen) atoms. The molecule has 0 bridgehead atoms. The van der Waals surface area contributed by atoms with Crippen molar-refractivity contribution in [2.24, 2.45) is 12.5 Å². The largest absolute Gasteiger partial charge is 0.495 e. The quantitative estimate of drug-likeness (QED) is 0.668. The molecule has 0 unspecified atom stereocenters. The molecule has 1 atom stereocenters. The molecule has 0 aliphatic carbocycles. The predicted molar refractivity (Wildman–Crippen MR) is 120 cm³/mol. The van der Waals surface area contributed by atoms with Gasteiger partial charge >= 0.3 is 0 Å². The summed E-state index contributed by atoms with van der Waals surface area (Å²) >= 11 is 6.49. The molecule has 164 valence electrons. The van der Waals surface area contributed by atoms with Crippen molar-refractivity contribution in [2.75, 3.05) is 31.7 Å². The normalized spacial score (nSPS) is 20.6. The molecule has 3 aromatic rings. The minimum absolute atomic E-state index is 0.152. The molecule has 0 saturated carbocycles. The third-order valence-electron chi connectivity index (χ3n) is 6.72. The van der Waals surface area contributed by atoms with Crippen LogP contribution in [-0.4, -0.2) is 52.7 Å². The van der Waals surface area contributed by atoms with Crippen molar-refractivity contribution in [3.8, 4) is 17.0 Å². The SMILES string of the molecule is COc1cccc(-c2n[nH]c3nc(N4CCC5(CC4)CO[C@@H](C)C5)n(C)c(=O)c23)c1Cl. The number of nitrogens with one attached hydrogen (secondary N) is 1. The topological polar surface area (TPSA) is 85.3 Å². The average Bonchev–Trinajstić information content (AvgIpc) is 3.35. The zero-order valence-electron chi connectivity index (χ0n) is 17.9. The summed E-state index contributed by atoms with van der Waals surface area (Å²) in [6.45, 7) is 4.68. The molecule has 1 spiro atoms. The van der Waals surface area contributed by atoms with Crippen molar-refractivity contribution >= 4 is 28.6 Å². The third-order valence-corrected chi connectivity index (χ3v) is 7.11. The van der Waals surface area contributed by atoms with Crippen molar-refractivity contribution in [2.45, 2.75) is 32.3 Å². The molecule has 2 fully saturated rings. The molecule has 2 aromatic heterocycles. The predicted octanol–water partition coefficient (Wildman–Crippen LogP) is 3.38. The van der Waals surface area contributed by atoms with Crippen LogP contribution in [0.15, 0.2) is 23.0 Å². The highest BCUT2D eigenvalue weighted by atomic mass is 35.5. The lowest BCUT2D eigenvalue weighted by molar-refractivity contribution is 0.0974. The molecule has 2 aliphatic rings. The van der Waals surface area contributed by atoms with E-state index < -0.39 is 0 Å². The Bertz CT molecular complexity index is 1200. The number of piperidine rings is 1. The fourth-order valence-electron chi connectivity index (χ4n) is 4.96. The monoisotopic (exact) mass is 443 g/mol. The van der Waals surface area contributed by atoms with Crippen LogP contribution in [0.2, 0.25) is 5.02 Å². The molecular weight excluding hydrogens is 418 g/mol. The van der Waals surface area contributed by atoms with Gasteiger partial charge in [-0.1, -0.05) is 23.7 Å². The summed E-state index contributed by atoms with van der Waals surface area (Å²) in [5, 5.41) is 8.15. The number of nitrogens with zero attached hydrogens (tertiary/aromatic N) is 4. The van der Waals surface area contributed by atoms with Crippen LogP contribution in [0.25, 0.3) is 22.3 Å². The number of ether oxygens (including phenoxy) is 2. The summed E-state index contributed by atoms with van der Waals surface area (Å²) in [5.74, 6) is 1.19. The lowest BCUT2D eigenvalue weighted by Crippen LogP contribution is -2.43. The number of aromatic amines is 1. The standard InChI is InChI=1S/C22H26ClN5O3/c1-13-11-22(12-31-13)7-9-28(10-8-22)21-24-19-16(20(29)27(21)2)18(25-26-19)14-5-4-6-15(30-3)17(14)23/h4-6,13H,7-12H2,1-3H3,(H,25,26)/t13-/m0/s1. The van der Waals surface area contributed by atoms with Crippen LogP contribution >= 0.6 is 11.6 Å². The smallest absolute Gasteiger partial charge is 0.266 e. The number of halogens is 1. The van der Waals surface area contributed by atoms with Gasteiger partial charge in [-0.2, -0.15) is 10.1 Å². The Kier molecular flexibility index (Phi) is 4.94. The number of aromatic nitrogens is 4. The molecular formula is C22H26ClN5O3. The van der Waals surface area contributed by atoms with Crippen molar-refractivity contribution in [3.05, 3.63) is 33.6 Å². The number of hydrogen-bond acceptors (Lipinski definition) is 6. The van der Waals surface area contributed by atoms with Crippen LogP contribution in [0.3, 0.4) is 0 Å². The van der Waals surface area contributed by atoms with E-state index in [1.807, 2.05) is 12.1 Å². The van der Waals surface area contributed by atoms with E-state index >= 15 is 0 Å². The van der Waals surface area contributed by atoms with Gasteiger partial charge < -0.3 is 14.4 Å². The van der Waals surface area contributed by atoms with E-state index in [4.69, 9.17) is 26.1 Å². The lowest BCUT2D eigenvalue weighted by atomic mass is 9.77. The van der Waals surface area contributed by atoms with Crippen molar-refractivity contribution in [1.29, 1.82) is 0 Å². The summed E-state index contributed by atoms with van der Waals surface area (Å²) < 4.78 is 12.8. The highest BCUT2D eigenvalue weighted by Gasteiger charge is 2.41. The number of benzene rings is 1. The Labute approximate surface area is 185 Å². The molecule has 9 heteroatoms. The van der Waals surface area contributed by atoms with Crippen molar-refractivity contribution < 1.29 is 9.47 Å². The molecule has 5 rings (SSSR count). The van der Waals surface area contributed by atoms with E-state index in [1.165, 1.54) is 0 Å². The Morgan fingerprint density at radius 3 is 2.77 bits per heavy atom. The van der Waals surface area contributed by atoms with Gasteiger partial charge in [0.25, 0.3) is 5.56 Å². The summed E-state index contributed by atoms with van der Waals surface area (Å²) in [6, 6.07) is 5.42. The van der Waals surface area contributed by atoms with Crippen LogP contribution in [0.1, 0.15) is 26.2 Å². The Hall–Kier alpha value is -2.58. The zero-order chi connectivity index (χ0) is 21.8. The van der Waals surface area contributed by atoms with Crippen LogP contribution in [0.5, 0.6) is 5.75 Å². The average molecular weight is 444 g/mol. The zero-order valence-corrected chi connectivity index (χ0v) is 18.7. The fourth-order valence-corrected chi connectivity index (χ4v) is 5.25. The fraction of sp³-hybridized carbons (Fsp3) is 0.500. The Morgan fingerprint density at radius 1 is 1.32 bits per heavy atom. The summed E-state index contributed by atoms with van der Waals surface area (Å²) in [6.07, 6.45) is 3.52. The first kappa shape index (κ1) is 20.3. The van der Waals surface area contributed by atoms with Gasteiger partial charge in [-0.15, -0.1) is 0 Å². The maximum Gasteiger partial charge on any atom is 0.266 e. The summed E-state index contributed by atoms with van der Waals surface area (Å²) in [5.41, 5.74) is 1.69. The maximum atomic E-state index is 13.3. The molecule has 2 aliphatic heterocycles. The number of rotatable bonds is 3. The second-order valence-electron chi connectivity index (χ2n) is 8.71. The van der Waals surface area contributed by atoms with Gasteiger partial charge in [0.2, 0.25) is 5.95 Å². The van der Waals surface area contributed by atoms with Gasteiger partial charge in [0.05, 0.1) is 24.8 Å². The molecule has 2 saturated heterocycles. The van der Waals surface area contributed by atoms with Crippen LogP contribution in [-0.2, 0) is 11.8 Å². The van der Waals surface area contributed by atoms with E-state index in [1.54, 1.807) is 24.8 Å². The van der Waals surface area contributed by atoms with Gasteiger partial charge in [0.1, 0.15) is 16.8 Å². The highest BCUT2D eigenvalue weighted by molar-refractivity contribution is 6.35. The first-order valence-electron chi connectivity index (χ1n) is 10.6. The lowest BCUT2D eigenvalue weighted by Gasteiger charge is -2.39. The van der Waals surface area contributed by atoms with Gasteiger partial charge in [-0.25, -0.2) is 0 Å². The molecule has 8 nitrogen and oxygen atoms in total. The molecule has 1 aromatic carbocycles. The number of anilines is 1. The second kappa shape index (κ2) is 7.53. The first-order valence-corrected chi connectivity index (χ1v) is 10.9. The number of H-pyrrole nitrogens is 1.